The second-order valence-electron chi connectivity index (χ2n) is 5.21. The first-order chi connectivity index (χ1) is 8.29. The number of ether oxygens (including phenoxy) is 1. The Morgan fingerprint density at radius 3 is 2.82 bits per heavy atom. The number of hydrogen-bond acceptors (Lipinski definition) is 2. The molecule has 0 aliphatic carbocycles. The van der Waals surface area contributed by atoms with Crippen molar-refractivity contribution in [3.63, 3.8) is 0 Å². The normalized spacial score (nSPS) is 26.2. The van der Waals surface area contributed by atoms with Gasteiger partial charge in [0.1, 0.15) is 0 Å². The Hall–Kier alpha value is -0.860. The summed E-state index contributed by atoms with van der Waals surface area (Å²) in [5.74, 6) is 0. The molecular formula is C15H23NO. The summed E-state index contributed by atoms with van der Waals surface area (Å²) in [7, 11) is 0. The van der Waals surface area contributed by atoms with Gasteiger partial charge in [0, 0.05) is 6.54 Å². The minimum absolute atomic E-state index is 0.00371. The Bertz CT molecular complexity index is 315. The molecule has 1 fully saturated rings. The lowest BCUT2D eigenvalue weighted by Gasteiger charge is -2.32. The van der Waals surface area contributed by atoms with Crippen LogP contribution in [0.3, 0.4) is 0 Å². The molecule has 1 unspecified atom stereocenters. The summed E-state index contributed by atoms with van der Waals surface area (Å²) in [5.41, 5.74) is 1.26. The van der Waals surface area contributed by atoms with E-state index in [1.807, 2.05) is 6.07 Å². The van der Waals surface area contributed by atoms with Gasteiger partial charge >= 0.3 is 0 Å². The Morgan fingerprint density at radius 2 is 2.00 bits per heavy atom. The van der Waals surface area contributed by atoms with Gasteiger partial charge in [0.2, 0.25) is 0 Å². The first kappa shape index (κ1) is 12.6. The lowest BCUT2D eigenvalue weighted by Crippen LogP contribution is -2.41. The second kappa shape index (κ2) is 6.18. The SMILES string of the molecule is CC1(OCc2ccccc2)CCCCCNC1. The summed E-state index contributed by atoms with van der Waals surface area (Å²) in [5, 5.41) is 3.49. The summed E-state index contributed by atoms with van der Waals surface area (Å²) in [6.45, 7) is 5.05. The number of benzene rings is 1. The van der Waals surface area contributed by atoms with Crippen LogP contribution < -0.4 is 5.32 Å². The molecule has 0 radical (unpaired) electrons. The number of rotatable bonds is 3. The van der Waals surface area contributed by atoms with E-state index in [1.165, 1.54) is 24.8 Å². The van der Waals surface area contributed by atoms with Crippen molar-refractivity contribution >= 4 is 0 Å². The average Bonchev–Trinajstić information content (AvgIpc) is 2.34. The third kappa shape index (κ3) is 4.14. The average molecular weight is 233 g/mol. The van der Waals surface area contributed by atoms with Crippen LogP contribution in [0.1, 0.15) is 38.2 Å². The zero-order valence-corrected chi connectivity index (χ0v) is 10.7. The molecule has 0 spiro atoms. The molecule has 2 rings (SSSR count). The molecule has 1 aromatic carbocycles. The van der Waals surface area contributed by atoms with E-state index in [-0.39, 0.29) is 5.60 Å². The third-order valence-corrected chi connectivity index (χ3v) is 3.49. The van der Waals surface area contributed by atoms with Crippen molar-refractivity contribution in [2.75, 3.05) is 13.1 Å². The van der Waals surface area contributed by atoms with Gasteiger partial charge in [0.05, 0.1) is 12.2 Å². The highest BCUT2D eigenvalue weighted by atomic mass is 16.5. The van der Waals surface area contributed by atoms with Crippen LogP contribution in [-0.4, -0.2) is 18.7 Å². The maximum absolute atomic E-state index is 6.13. The Balaban J connectivity index is 1.87. The van der Waals surface area contributed by atoms with Crippen molar-refractivity contribution in [1.29, 1.82) is 0 Å². The number of nitrogens with one attached hydrogen (secondary N) is 1. The van der Waals surface area contributed by atoms with Gasteiger partial charge < -0.3 is 10.1 Å². The van der Waals surface area contributed by atoms with Gasteiger partial charge in [0.15, 0.2) is 0 Å². The predicted octanol–water partition coefficient (Wildman–Crippen LogP) is 3.13. The summed E-state index contributed by atoms with van der Waals surface area (Å²) in [6.07, 6.45) is 5.06. The van der Waals surface area contributed by atoms with Gasteiger partial charge in [-0.15, -0.1) is 0 Å². The first-order valence-electron chi connectivity index (χ1n) is 6.67. The molecule has 1 aliphatic rings. The molecule has 17 heavy (non-hydrogen) atoms. The molecule has 1 atom stereocenters. The van der Waals surface area contributed by atoms with Gasteiger partial charge in [-0.3, -0.25) is 0 Å². The fourth-order valence-corrected chi connectivity index (χ4v) is 2.32. The van der Waals surface area contributed by atoms with Gasteiger partial charge in [-0.2, -0.15) is 0 Å². The molecule has 1 saturated heterocycles. The van der Waals surface area contributed by atoms with E-state index >= 15 is 0 Å². The smallest absolute Gasteiger partial charge is 0.0782 e. The maximum Gasteiger partial charge on any atom is 0.0782 e. The van der Waals surface area contributed by atoms with Crippen molar-refractivity contribution in [3.05, 3.63) is 35.9 Å². The van der Waals surface area contributed by atoms with Crippen LogP contribution in [0.2, 0.25) is 0 Å². The fraction of sp³-hybridized carbons (Fsp3) is 0.600. The van der Waals surface area contributed by atoms with Crippen LogP contribution >= 0.6 is 0 Å². The Kier molecular flexibility index (Phi) is 4.57. The van der Waals surface area contributed by atoms with Crippen LogP contribution in [0, 0.1) is 0 Å². The molecule has 1 N–H and O–H groups in total. The van der Waals surface area contributed by atoms with Crippen LogP contribution in [0.5, 0.6) is 0 Å². The van der Waals surface area contributed by atoms with Gasteiger partial charge in [0.25, 0.3) is 0 Å². The minimum Gasteiger partial charge on any atom is -0.369 e. The summed E-state index contributed by atoms with van der Waals surface area (Å²) in [6, 6.07) is 10.4. The Morgan fingerprint density at radius 1 is 1.18 bits per heavy atom. The monoisotopic (exact) mass is 233 g/mol. The second-order valence-corrected chi connectivity index (χ2v) is 5.21. The van der Waals surface area contributed by atoms with Crippen molar-refractivity contribution in [3.8, 4) is 0 Å². The Labute approximate surface area is 104 Å². The van der Waals surface area contributed by atoms with Gasteiger partial charge in [-0.25, -0.2) is 0 Å². The highest BCUT2D eigenvalue weighted by molar-refractivity contribution is 5.13. The number of hydrogen-bond donors (Lipinski definition) is 1. The molecule has 2 nitrogen and oxygen atoms in total. The van der Waals surface area contributed by atoms with E-state index in [2.05, 4.69) is 36.5 Å². The third-order valence-electron chi connectivity index (χ3n) is 3.49. The molecular weight excluding hydrogens is 210 g/mol. The fourth-order valence-electron chi connectivity index (χ4n) is 2.32. The molecule has 94 valence electrons. The molecule has 1 aliphatic heterocycles. The molecule has 0 amide bonds. The van der Waals surface area contributed by atoms with Gasteiger partial charge in [-0.05, 0) is 31.9 Å². The molecule has 0 aromatic heterocycles. The highest BCUT2D eigenvalue weighted by Crippen LogP contribution is 2.22. The largest absolute Gasteiger partial charge is 0.369 e. The molecule has 1 aromatic rings. The molecule has 1 heterocycles. The van der Waals surface area contributed by atoms with E-state index < -0.39 is 0 Å². The lowest BCUT2D eigenvalue weighted by atomic mass is 9.96. The zero-order valence-electron chi connectivity index (χ0n) is 10.7. The first-order valence-corrected chi connectivity index (χ1v) is 6.67. The summed E-state index contributed by atoms with van der Waals surface area (Å²) in [4.78, 5) is 0. The highest BCUT2D eigenvalue weighted by Gasteiger charge is 2.25. The minimum atomic E-state index is -0.00371. The lowest BCUT2D eigenvalue weighted by molar-refractivity contribution is -0.0510. The quantitative estimate of drug-likeness (QED) is 0.866. The molecule has 0 bridgehead atoms. The molecule has 0 saturated carbocycles. The van der Waals surface area contributed by atoms with Gasteiger partial charge in [-0.1, -0.05) is 43.2 Å². The van der Waals surface area contributed by atoms with Crippen LogP contribution in [0.25, 0.3) is 0 Å². The van der Waals surface area contributed by atoms with Crippen molar-refractivity contribution in [2.45, 2.75) is 44.8 Å². The van der Waals surface area contributed by atoms with Crippen LogP contribution in [-0.2, 0) is 11.3 Å². The molecule has 2 heteroatoms. The summed E-state index contributed by atoms with van der Waals surface area (Å²) < 4.78 is 6.13. The van der Waals surface area contributed by atoms with E-state index in [9.17, 15) is 0 Å². The van der Waals surface area contributed by atoms with Crippen LogP contribution in [0.4, 0.5) is 0 Å². The van der Waals surface area contributed by atoms with E-state index in [0.717, 1.165) is 26.1 Å². The maximum atomic E-state index is 6.13. The van der Waals surface area contributed by atoms with E-state index in [4.69, 9.17) is 4.74 Å². The predicted molar refractivity (Wildman–Crippen MR) is 71.0 cm³/mol. The van der Waals surface area contributed by atoms with E-state index in [1.54, 1.807) is 0 Å². The van der Waals surface area contributed by atoms with Crippen molar-refractivity contribution < 1.29 is 4.74 Å². The topological polar surface area (TPSA) is 21.3 Å². The summed E-state index contributed by atoms with van der Waals surface area (Å²) >= 11 is 0. The van der Waals surface area contributed by atoms with Crippen molar-refractivity contribution in [1.82, 2.24) is 5.32 Å². The standard InChI is InChI=1S/C15H23NO/c1-15(10-6-3-7-11-16-13-15)17-12-14-8-4-2-5-9-14/h2,4-5,8-9,16H,3,6-7,10-13H2,1H3. The van der Waals surface area contributed by atoms with E-state index in [0.29, 0.717) is 0 Å². The van der Waals surface area contributed by atoms with Crippen molar-refractivity contribution in [2.24, 2.45) is 0 Å². The zero-order chi connectivity index (χ0) is 12.0. The van der Waals surface area contributed by atoms with Crippen LogP contribution in [0.15, 0.2) is 30.3 Å².